The summed E-state index contributed by atoms with van der Waals surface area (Å²) in [7, 11) is 1.97. The number of anilines is 2. The van der Waals surface area contributed by atoms with E-state index in [-0.39, 0.29) is 0 Å². The summed E-state index contributed by atoms with van der Waals surface area (Å²) in [4.78, 5) is 0.812. The summed E-state index contributed by atoms with van der Waals surface area (Å²) in [6, 6.07) is 16.4. The summed E-state index contributed by atoms with van der Waals surface area (Å²) >= 11 is 1.58. The van der Waals surface area contributed by atoms with Gasteiger partial charge in [0.05, 0.1) is 10.2 Å². The van der Waals surface area contributed by atoms with Crippen molar-refractivity contribution in [3.05, 3.63) is 53.3 Å². The van der Waals surface area contributed by atoms with Crippen molar-refractivity contribution in [1.82, 2.24) is 4.57 Å². The van der Waals surface area contributed by atoms with Gasteiger partial charge in [0.2, 0.25) is 4.80 Å². The van der Waals surface area contributed by atoms with E-state index < -0.39 is 0 Å². The van der Waals surface area contributed by atoms with E-state index in [1.165, 1.54) is 0 Å². The third-order valence-electron chi connectivity index (χ3n) is 2.98. The van der Waals surface area contributed by atoms with Gasteiger partial charge in [-0.05, 0) is 30.3 Å². The molecular weight excluding hydrogens is 256 g/mol. The Morgan fingerprint density at radius 1 is 1.11 bits per heavy atom. The predicted molar refractivity (Wildman–Crippen MR) is 80.3 cm³/mol. The van der Waals surface area contributed by atoms with Crippen LogP contribution in [0, 0.1) is 0 Å². The molecule has 96 valence electrons. The fourth-order valence-electron chi connectivity index (χ4n) is 2.02. The number of thiazole rings is 1. The number of nitrogens with one attached hydrogen (secondary N) is 1. The average Bonchev–Trinajstić information content (AvgIpc) is 2.76. The number of hydrogen-bond donors (Lipinski definition) is 2. The fraction of sp³-hybridized carbons (Fsp3) is 0.0714. The second-order valence-electron chi connectivity index (χ2n) is 4.25. The van der Waals surface area contributed by atoms with E-state index in [4.69, 9.17) is 5.84 Å². The Labute approximate surface area is 114 Å². The molecule has 3 N–H and O–H groups in total. The van der Waals surface area contributed by atoms with Gasteiger partial charge in [0.15, 0.2) is 0 Å². The third kappa shape index (κ3) is 2.20. The molecule has 5 heteroatoms. The minimum absolute atomic E-state index is 0.812. The van der Waals surface area contributed by atoms with Gasteiger partial charge in [0.25, 0.3) is 0 Å². The predicted octanol–water partition coefficient (Wildman–Crippen LogP) is 2.76. The van der Waals surface area contributed by atoms with Crippen molar-refractivity contribution in [1.29, 1.82) is 0 Å². The van der Waals surface area contributed by atoms with Gasteiger partial charge < -0.3 is 15.7 Å². The molecule has 0 unspecified atom stereocenters. The highest BCUT2D eigenvalue weighted by Crippen LogP contribution is 2.23. The van der Waals surface area contributed by atoms with Crippen molar-refractivity contribution >= 4 is 32.9 Å². The monoisotopic (exact) mass is 270 g/mol. The topological polar surface area (TPSA) is 55.3 Å². The first-order valence-corrected chi connectivity index (χ1v) is 6.75. The van der Waals surface area contributed by atoms with Gasteiger partial charge in [-0.15, -0.1) is 0 Å². The lowest BCUT2D eigenvalue weighted by Crippen LogP contribution is -2.12. The maximum atomic E-state index is 5.38. The Hall–Kier alpha value is -2.27. The zero-order valence-electron chi connectivity index (χ0n) is 10.5. The van der Waals surface area contributed by atoms with E-state index in [9.17, 15) is 0 Å². The van der Waals surface area contributed by atoms with Gasteiger partial charge in [-0.2, -0.15) is 5.10 Å². The van der Waals surface area contributed by atoms with Crippen LogP contribution in [0.1, 0.15) is 0 Å². The number of aryl methyl sites for hydroxylation is 1. The van der Waals surface area contributed by atoms with Crippen LogP contribution in [0.25, 0.3) is 10.2 Å². The number of hydrogen-bond acceptors (Lipinski definition) is 4. The normalized spacial score (nSPS) is 11.9. The molecular formula is C14H14N4S. The molecule has 4 nitrogen and oxygen atoms in total. The van der Waals surface area contributed by atoms with Gasteiger partial charge in [0, 0.05) is 18.4 Å². The molecule has 1 aromatic heterocycles. The summed E-state index contributed by atoms with van der Waals surface area (Å²) in [5.41, 5.74) is 3.27. The van der Waals surface area contributed by atoms with Crippen molar-refractivity contribution in [2.75, 3.05) is 5.32 Å². The Morgan fingerprint density at radius 2 is 1.89 bits per heavy atom. The summed E-state index contributed by atoms with van der Waals surface area (Å²) in [6.45, 7) is 0. The second-order valence-corrected chi connectivity index (χ2v) is 5.26. The lowest BCUT2D eigenvalue weighted by molar-refractivity contribution is 0.888. The van der Waals surface area contributed by atoms with Crippen LogP contribution in [0.3, 0.4) is 0 Å². The van der Waals surface area contributed by atoms with Crippen molar-refractivity contribution in [2.24, 2.45) is 18.0 Å². The maximum Gasteiger partial charge on any atom is 0.208 e. The number of para-hydroxylation sites is 1. The zero-order valence-corrected chi connectivity index (χ0v) is 11.3. The molecule has 19 heavy (non-hydrogen) atoms. The van der Waals surface area contributed by atoms with E-state index >= 15 is 0 Å². The molecule has 0 aliphatic carbocycles. The molecule has 3 aromatic rings. The van der Waals surface area contributed by atoms with Gasteiger partial charge in [0.1, 0.15) is 0 Å². The first kappa shape index (κ1) is 11.8. The molecule has 0 saturated heterocycles. The summed E-state index contributed by atoms with van der Waals surface area (Å²) < 4.78 is 3.15. The first-order chi connectivity index (χ1) is 9.28. The SMILES string of the molecule is Cn1c(=NN)sc2cc(Nc3ccccc3)ccc21. The van der Waals surface area contributed by atoms with Gasteiger partial charge in [-0.25, -0.2) is 0 Å². The minimum Gasteiger partial charge on any atom is -0.355 e. The Kier molecular flexibility index (Phi) is 2.97. The molecule has 0 fully saturated rings. The van der Waals surface area contributed by atoms with Crippen LogP contribution in [-0.4, -0.2) is 4.57 Å². The van der Waals surface area contributed by atoms with E-state index in [0.29, 0.717) is 0 Å². The van der Waals surface area contributed by atoms with Crippen LogP contribution in [0.2, 0.25) is 0 Å². The van der Waals surface area contributed by atoms with Gasteiger partial charge in [-0.3, -0.25) is 0 Å². The molecule has 0 atom stereocenters. The maximum absolute atomic E-state index is 5.38. The van der Waals surface area contributed by atoms with Crippen molar-refractivity contribution in [3.8, 4) is 0 Å². The lowest BCUT2D eigenvalue weighted by atomic mass is 10.2. The highest BCUT2D eigenvalue weighted by Gasteiger charge is 2.03. The summed E-state index contributed by atoms with van der Waals surface area (Å²) in [6.07, 6.45) is 0. The highest BCUT2D eigenvalue weighted by atomic mass is 32.1. The Morgan fingerprint density at radius 3 is 2.63 bits per heavy atom. The molecule has 0 bridgehead atoms. The summed E-state index contributed by atoms with van der Waals surface area (Å²) in [5.74, 6) is 5.38. The van der Waals surface area contributed by atoms with Crippen molar-refractivity contribution in [2.45, 2.75) is 0 Å². The van der Waals surface area contributed by atoms with Crippen LogP contribution in [-0.2, 0) is 7.05 Å². The van der Waals surface area contributed by atoms with Gasteiger partial charge >= 0.3 is 0 Å². The largest absolute Gasteiger partial charge is 0.355 e. The molecule has 0 aliphatic rings. The van der Waals surface area contributed by atoms with E-state index in [1.54, 1.807) is 11.3 Å². The van der Waals surface area contributed by atoms with E-state index in [1.807, 2.05) is 41.9 Å². The molecule has 0 saturated carbocycles. The number of aromatic nitrogens is 1. The van der Waals surface area contributed by atoms with Crippen molar-refractivity contribution in [3.63, 3.8) is 0 Å². The fourth-order valence-corrected chi connectivity index (χ4v) is 3.00. The Balaban J connectivity index is 2.03. The highest BCUT2D eigenvalue weighted by molar-refractivity contribution is 7.16. The number of fused-ring (bicyclic) bond motifs is 1. The second kappa shape index (κ2) is 4.78. The summed E-state index contributed by atoms with van der Waals surface area (Å²) in [5, 5.41) is 7.16. The standard InChI is InChI=1S/C14H14N4S/c1-18-12-8-7-11(9-13(12)19-14(18)17-15)16-10-5-3-2-4-6-10/h2-9,16H,15H2,1H3. The Bertz CT molecular complexity index is 771. The lowest BCUT2D eigenvalue weighted by Gasteiger charge is -2.06. The average molecular weight is 270 g/mol. The molecule has 2 aromatic carbocycles. The number of nitrogens with zero attached hydrogens (tertiary/aromatic N) is 2. The molecule has 0 amide bonds. The quantitative estimate of drug-likeness (QED) is 0.555. The van der Waals surface area contributed by atoms with Crippen LogP contribution >= 0.6 is 11.3 Å². The van der Waals surface area contributed by atoms with E-state index in [2.05, 4.69) is 28.6 Å². The first-order valence-electron chi connectivity index (χ1n) is 5.93. The van der Waals surface area contributed by atoms with Crippen LogP contribution in [0.5, 0.6) is 0 Å². The number of benzene rings is 2. The van der Waals surface area contributed by atoms with Crippen LogP contribution in [0.15, 0.2) is 53.6 Å². The molecule has 0 radical (unpaired) electrons. The number of rotatable bonds is 2. The molecule has 0 aliphatic heterocycles. The van der Waals surface area contributed by atoms with Gasteiger partial charge in [-0.1, -0.05) is 29.5 Å². The smallest absolute Gasteiger partial charge is 0.208 e. The third-order valence-corrected chi connectivity index (χ3v) is 4.09. The van der Waals surface area contributed by atoms with Crippen LogP contribution in [0.4, 0.5) is 11.4 Å². The van der Waals surface area contributed by atoms with Crippen molar-refractivity contribution < 1.29 is 0 Å². The zero-order chi connectivity index (χ0) is 13.2. The van der Waals surface area contributed by atoms with E-state index in [0.717, 1.165) is 26.4 Å². The minimum atomic E-state index is 0.812. The molecule has 0 spiro atoms. The molecule has 1 heterocycles. The number of nitrogens with two attached hydrogens (primary N) is 1. The molecule has 3 rings (SSSR count). The van der Waals surface area contributed by atoms with Crippen LogP contribution < -0.4 is 16.0 Å².